The maximum Gasteiger partial charge on any atom is 0.309 e. The summed E-state index contributed by atoms with van der Waals surface area (Å²) in [5.74, 6) is 0.779. The van der Waals surface area contributed by atoms with Crippen LogP contribution < -0.4 is 5.32 Å². The molecule has 2 N–H and O–H groups in total. The van der Waals surface area contributed by atoms with E-state index in [0.717, 1.165) is 19.3 Å². The van der Waals surface area contributed by atoms with Crippen molar-refractivity contribution in [3.8, 4) is 0 Å². The van der Waals surface area contributed by atoms with Gasteiger partial charge in [0.05, 0.1) is 5.41 Å². The Hall–Kier alpha value is -0.570. The van der Waals surface area contributed by atoms with Gasteiger partial charge in [0, 0.05) is 5.54 Å². The summed E-state index contributed by atoms with van der Waals surface area (Å²) in [6, 6.07) is 0. The topological polar surface area (TPSA) is 49.3 Å². The Labute approximate surface area is 90.2 Å². The van der Waals surface area contributed by atoms with E-state index in [4.69, 9.17) is 0 Å². The van der Waals surface area contributed by atoms with E-state index in [1.807, 2.05) is 7.05 Å². The predicted octanol–water partition coefficient (Wildman–Crippen LogP) is 1.63. The number of carboxylic acids is 1. The molecule has 15 heavy (non-hydrogen) atoms. The first-order valence-corrected chi connectivity index (χ1v) is 6.00. The Morgan fingerprint density at radius 1 is 1.27 bits per heavy atom. The van der Waals surface area contributed by atoms with Gasteiger partial charge in [-0.15, -0.1) is 0 Å². The van der Waals surface area contributed by atoms with Gasteiger partial charge in [-0.2, -0.15) is 0 Å². The molecule has 3 nitrogen and oxygen atoms in total. The number of rotatable bonds is 2. The molecule has 2 unspecified atom stereocenters. The molecule has 4 fully saturated rings. The number of hydrogen-bond acceptors (Lipinski definition) is 2. The van der Waals surface area contributed by atoms with Crippen molar-refractivity contribution in [1.82, 2.24) is 5.32 Å². The van der Waals surface area contributed by atoms with Crippen LogP contribution in [-0.4, -0.2) is 23.7 Å². The standard InChI is InChI=1S/C12H19NO2/c1-13-12-5-8-2-9(6-12)4-11(3-8,7-12)10(14)15/h8-9,13H,2-7H2,1H3,(H,14,15). The number of aliphatic carboxylic acids is 1. The Morgan fingerprint density at radius 2 is 1.87 bits per heavy atom. The van der Waals surface area contributed by atoms with E-state index in [-0.39, 0.29) is 11.0 Å². The molecule has 0 saturated heterocycles. The van der Waals surface area contributed by atoms with Crippen LogP contribution in [0.25, 0.3) is 0 Å². The minimum Gasteiger partial charge on any atom is -0.481 e. The van der Waals surface area contributed by atoms with Crippen molar-refractivity contribution in [1.29, 1.82) is 0 Å². The summed E-state index contributed by atoms with van der Waals surface area (Å²) in [5, 5.41) is 12.9. The maximum absolute atomic E-state index is 11.5. The van der Waals surface area contributed by atoms with E-state index in [0.29, 0.717) is 11.8 Å². The minimum atomic E-state index is -0.545. The molecule has 4 bridgehead atoms. The summed E-state index contributed by atoms with van der Waals surface area (Å²) < 4.78 is 0. The van der Waals surface area contributed by atoms with Crippen LogP contribution in [0.4, 0.5) is 0 Å². The fourth-order valence-electron chi connectivity index (χ4n) is 4.81. The second-order valence-electron chi connectivity index (χ2n) is 6.08. The van der Waals surface area contributed by atoms with Gasteiger partial charge in [-0.05, 0) is 57.4 Å². The van der Waals surface area contributed by atoms with Crippen molar-refractivity contribution in [3.05, 3.63) is 0 Å². The maximum atomic E-state index is 11.5. The molecule has 0 amide bonds. The minimum absolute atomic E-state index is 0.155. The van der Waals surface area contributed by atoms with E-state index in [2.05, 4.69) is 5.32 Å². The molecule has 84 valence electrons. The van der Waals surface area contributed by atoms with E-state index in [9.17, 15) is 9.90 Å². The normalized spacial score (nSPS) is 52.1. The second-order valence-corrected chi connectivity index (χ2v) is 6.08. The summed E-state index contributed by atoms with van der Waals surface area (Å²) in [6.45, 7) is 0. The first-order valence-electron chi connectivity index (χ1n) is 6.00. The summed E-state index contributed by atoms with van der Waals surface area (Å²) in [6.07, 6.45) is 6.41. The third kappa shape index (κ3) is 1.19. The summed E-state index contributed by atoms with van der Waals surface area (Å²) in [5.41, 5.74) is -0.227. The van der Waals surface area contributed by atoms with Gasteiger partial charge in [0.25, 0.3) is 0 Å². The highest BCUT2D eigenvalue weighted by atomic mass is 16.4. The zero-order valence-electron chi connectivity index (χ0n) is 9.25. The summed E-state index contributed by atoms with van der Waals surface area (Å²) in [4.78, 5) is 11.5. The molecular weight excluding hydrogens is 190 g/mol. The van der Waals surface area contributed by atoms with Gasteiger partial charge in [0.2, 0.25) is 0 Å². The summed E-state index contributed by atoms with van der Waals surface area (Å²) in [7, 11) is 2.00. The number of nitrogens with one attached hydrogen (secondary N) is 1. The average Bonchev–Trinajstić information content (AvgIpc) is 2.15. The Kier molecular flexibility index (Phi) is 1.77. The highest BCUT2D eigenvalue weighted by molar-refractivity contribution is 5.75. The molecule has 2 atom stereocenters. The first kappa shape index (κ1) is 9.64. The third-order valence-electron chi connectivity index (χ3n) is 5.05. The van der Waals surface area contributed by atoms with Crippen molar-refractivity contribution in [2.24, 2.45) is 17.3 Å². The third-order valence-corrected chi connectivity index (χ3v) is 5.05. The van der Waals surface area contributed by atoms with Crippen LogP contribution in [0.15, 0.2) is 0 Å². The molecule has 0 spiro atoms. The molecule has 0 radical (unpaired) electrons. The lowest BCUT2D eigenvalue weighted by molar-refractivity contribution is -0.168. The average molecular weight is 209 g/mol. The first-order chi connectivity index (χ1) is 7.07. The quantitative estimate of drug-likeness (QED) is 0.726. The predicted molar refractivity (Wildman–Crippen MR) is 56.5 cm³/mol. The van der Waals surface area contributed by atoms with E-state index >= 15 is 0 Å². The van der Waals surface area contributed by atoms with Crippen LogP contribution in [0.3, 0.4) is 0 Å². The van der Waals surface area contributed by atoms with Gasteiger partial charge in [0.15, 0.2) is 0 Å². The number of carbonyl (C=O) groups is 1. The van der Waals surface area contributed by atoms with Crippen LogP contribution in [-0.2, 0) is 4.79 Å². The zero-order valence-corrected chi connectivity index (χ0v) is 9.25. The molecule has 0 aromatic carbocycles. The van der Waals surface area contributed by atoms with Gasteiger partial charge < -0.3 is 10.4 Å². The van der Waals surface area contributed by atoms with Gasteiger partial charge >= 0.3 is 5.97 Å². The zero-order chi connectivity index (χ0) is 10.7. The van der Waals surface area contributed by atoms with E-state index in [1.54, 1.807) is 0 Å². The lowest BCUT2D eigenvalue weighted by Crippen LogP contribution is -2.63. The largest absolute Gasteiger partial charge is 0.481 e. The monoisotopic (exact) mass is 209 g/mol. The molecule has 4 aliphatic carbocycles. The smallest absolute Gasteiger partial charge is 0.309 e. The van der Waals surface area contributed by atoms with Gasteiger partial charge in [-0.1, -0.05) is 0 Å². The van der Waals surface area contributed by atoms with Crippen LogP contribution in [0, 0.1) is 17.3 Å². The van der Waals surface area contributed by atoms with E-state index < -0.39 is 5.97 Å². The molecule has 3 heteroatoms. The molecule has 0 aromatic rings. The Balaban J connectivity index is 1.99. The van der Waals surface area contributed by atoms with Gasteiger partial charge in [0.1, 0.15) is 0 Å². The fraction of sp³-hybridized carbons (Fsp3) is 0.917. The molecule has 0 aliphatic heterocycles. The number of carboxylic acid groups (broad SMARTS) is 1. The lowest BCUT2D eigenvalue weighted by atomic mass is 9.47. The molecular formula is C12H19NO2. The molecule has 4 aliphatic rings. The Bertz CT molecular complexity index is 299. The molecule has 0 heterocycles. The van der Waals surface area contributed by atoms with Crippen LogP contribution >= 0.6 is 0 Å². The van der Waals surface area contributed by atoms with Crippen molar-refractivity contribution >= 4 is 5.97 Å². The highest BCUT2D eigenvalue weighted by Gasteiger charge is 2.60. The van der Waals surface area contributed by atoms with Crippen molar-refractivity contribution in [2.45, 2.75) is 44.1 Å². The number of hydrogen-bond donors (Lipinski definition) is 2. The SMILES string of the molecule is CNC12CC3CC(C1)CC(C(=O)O)(C3)C2. The van der Waals surface area contributed by atoms with Crippen molar-refractivity contribution in [2.75, 3.05) is 7.05 Å². The fourth-order valence-corrected chi connectivity index (χ4v) is 4.81. The van der Waals surface area contributed by atoms with Crippen LogP contribution in [0.5, 0.6) is 0 Å². The van der Waals surface area contributed by atoms with Gasteiger partial charge in [-0.25, -0.2) is 0 Å². The van der Waals surface area contributed by atoms with Crippen LogP contribution in [0.1, 0.15) is 38.5 Å². The van der Waals surface area contributed by atoms with E-state index in [1.165, 1.54) is 19.3 Å². The molecule has 4 saturated carbocycles. The highest BCUT2D eigenvalue weighted by Crippen LogP contribution is 2.61. The molecule has 4 rings (SSSR count). The van der Waals surface area contributed by atoms with Crippen LogP contribution in [0.2, 0.25) is 0 Å². The van der Waals surface area contributed by atoms with Gasteiger partial charge in [-0.3, -0.25) is 4.79 Å². The lowest BCUT2D eigenvalue weighted by Gasteiger charge is -2.60. The second kappa shape index (κ2) is 2.76. The van der Waals surface area contributed by atoms with Crippen molar-refractivity contribution < 1.29 is 9.90 Å². The molecule has 0 aromatic heterocycles. The Morgan fingerprint density at radius 3 is 2.33 bits per heavy atom. The van der Waals surface area contributed by atoms with Crippen molar-refractivity contribution in [3.63, 3.8) is 0 Å². The summed E-state index contributed by atoms with van der Waals surface area (Å²) >= 11 is 0.